The molecule has 23 heavy (non-hydrogen) atoms. The van der Waals surface area contributed by atoms with E-state index in [9.17, 15) is 13.2 Å². The molecule has 1 saturated heterocycles. The van der Waals surface area contributed by atoms with Gasteiger partial charge in [0.05, 0.1) is 5.56 Å². The highest BCUT2D eigenvalue weighted by Crippen LogP contribution is 2.29. The van der Waals surface area contributed by atoms with E-state index in [0.29, 0.717) is 6.54 Å². The summed E-state index contributed by atoms with van der Waals surface area (Å²) >= 11 is 0. The van der Waals surface area contributed by atoms with Crippen LogP contribution in [0.4, 0.5) is 13.2 Å². The molecule has 0 spiro atoms. The summed E-state index contributed by atoms with van der Waals surface area (Å²) in [5.74, 6) is 0. The molecule has 0 unspecified atom stereocenters. The second kappa shape index (κ2) is 8.66. The molecule has 3 nitrogen and oxygen atoms in total. The van der Waals surface area contributed by atoms with Crippen LogP contribution in [0.1, 0.15) is 30.4 Å². The molecule has 2 rings (SSSR count). The summed E-state index contributed by atoms with van der Waals surface area (Å²) in [6.45, 7) is 5.88. The van der Waals surface area contributed by atoms with Gasteiger partial charge in [-0.1, -0.05) is 12.1 Å². The molecule has 1 aromatic rings. The van der Waals surface area contributed by atoms with Crippen LogP contribution in [0.5, 0.6) is 0 Å². The van der Waals surface area contributed by atoms with Crippen LogP contribution in [0.3, 0.4) is 0 Å². The Morgan fingerprint density at radius 3 is 2.22 bits per heavy atom. The summed E-state index contributed by atoms with van der Waals surface area (Å²) in [5.41, 5.74) is 0.332. The maximum atomic E-state index is 12.6. The molecule has 0 aliphatic carbocycles. The lowest BCUT2D eigenvalue weighted by Crippen LogP contribution is -2.31. The van der Waals surface area contributed by atoms with Crippen molar-refractivity contribution in [1.29, 1.82) is 0 Å². The number of hydrogen-bond donors (Lipinski definition) is 1. The van der Waals surface area contributed by atoms with Gasteiger partial charge in [-0.15, -0.1) is 0 Å². The molecule has 0 saturated carbocycles. The maximum Gasteiger partial charge on any atom is 0.416 e. The van der Waals surface area contributed by atoms with Crippen LogP contribution in [0.2, 0.25) is 0 Å². The van der Waals surface area contributed by atoms with Crippen molar-refractivity contribution in [2.45, 2.75) is 32.0 Å². The number of aliphatic hydroxyl groups excluding tert-OH is 1. The van der Waals surface area contributed by atoms with Crippen LogP contribution in [0, 0.1) is 0 Å². The minimum absolute atomic E-state index is 0.244. The Morgan fingerprint density at radius 2 is 1.57 bits per heavy atom. The van der Waals surface area contributed by atoms with Gasteiger partial charge >= 0.3 is 6.18 Å². The van der Waals surface area contributed by atoms with E-state index in [0.717, 1.165) is 69.7 Å². The number of benzene rings is 1. The fourth-order valence-corrected chi connectivity index (χ4v) is 2.91. The van der Waals surface area contributed by atoms with E-state index in [1.54, 1.807) is 12.1 Å². The van der Waals surface area contributed by atoms with Crippen molar-refractivity contribution < 1.29 is 18.3 Å². The zero-order chi connectivity index (χ0) is 16.7. The molecular weight excluding hydrogens is 305 g/mol. The molecule has 0 bridgehead atoms. The van der Waals surface area contributed by atoms with Crippen molar-refractivity contribution in [1.82, 2.24) is 9.80 Å². The maximum absolute atomic E-state index is 12.6. The van der Waals surface area contributed by atoms with E-state index >= 15 is 0 Å². The Labute approximate surface area is 135 Å². The third-order valence-corrected chi connectivity index (χ3v) is 4.25. The molecule has 0 radical (unpaired) electrons. The third-order valence-electron chi connectivity index (χ3n) is 4.25. The predicted molar refractivity (Wildman–Crippen MR) is 84.1 cm³/mol. The van der Waals surface area contributed by atoms with Crippen LogP contribution in [0.15, 0.2) is 24.3 Å². The van der Waals surface area contributed by atoms with E-state index in [2.05, 4.69) is 9.80 Å². The van der Waals surface area contributed by atoms with E-state index < -0.39 is 11.7 Å². The molecule has 0 aromatic heterocycles. The van der Waals surface area contributed by atoms with Gasteiger partial charge < -0.3 is 10.0 Å². The first-order valence-electron chi connectivity index (χ1n) is 8.21. The van der Waals surface area contributed by atoms with Crippen molar-refractivity contribution in [3.63, 3.8) is 0 Å². The molecule has 1 N–H and O–H groups in total. The normalized spacial score (nSPS) is 18.1. The van der Waals surface area contributed by atoms with Gasteiger partial charge in [0.2, 0.25) is 0 Å². The Kier molecular flexibility index (Phi) is 6.87. The lowest BCUT2D eigenvalue weighted by Gasteiger charge is -2.22. The topological polar surface area (TPSA) is 26.7 Å². The van der Waals surface area contributed by atoms with Crippen LogP contribution < -0.4 is 0 Å². The SMILES string of the molecule is OCCCCN1CCCN(Cc2ccc(C(F)(F)F)cc2)CC1. The average Bonchev–Trinajstić information content (AvgIpc) is 2.73. The highest BCUT2D eigenvalue weighted by atomic mass is 19.4. The zero-order valence-corrected chi connectivity index (χ0v) is 13.4. The molecule has 6 heteroatoms. The number of hydrogen-bond acceptors (Lipinski definition) is 3. The molecule has 1 aliphatic heterocycles. The smallest absolute Gasteiger partial charge is 0.396 e. The van der Waals surface area contributed by atoms with Gasteiger partial charge in [-0.2, -0.15) is 13.2 Å². The van der Waals surface area contributed by atoms with Crippen LogP contribution >= 0.6 is 0 Å². The van der Waals surface area contributed by atoms with Gasteiger partial charge in [0.1, 0.15) is 0 Å². The van der Waals surface area contributed by atoms with E-state index in [1.807, 2.05) is 0 Å². The average molecular weight is 330 g/mol. The van der Waals surface area contributed by atoms with Crippen LogP contribution in [-0.4, -0.2) is 54.2 Å². The predicted octanol–water partition coefficient (Wildman–Crippen LogP) is 2.99. The summed E-state index contributed by atoms with van der Waals surface area (Å²) in [7, 11) is 0. The molecule has 1 aromatic carbocycles. The first kappa shape index (κ1) is 18.2. The van der Waals surface area contributed by atoms with E-state index in [1.165, 1.54) is 0 Å². The number of rotatable bonds is 6. The Bertz CT molecular complexity index is 462. The van der Waals surface area contributed by atoms with Crippen LogP contribution in [-0.2, 0) is 12.7 Å². The van der Waals surface area contributed by atoms with Crippen LogP contribution in [0.25, 0.3) is 0 Å². The highest BCUT2D eigenvalue weighted by Gasteiger charge is 2.30. The lowest BCUT2D eigenvalue weighted by atomic mass is 10.1. The van der Waals surface area contributed by atoms with Crippen molar-refractivity contribution in [2.75, 3.05) is 39.3 Å². The fourth-order valence-electron chi connectivity index (χ4n) is 2.91. The minimum Gasteiger partial charge on any atom is -0.396 e. The van der Waals surface area contributed by atoms with Gasteiger partial charge in [-0.25, -0.2) is 0 Å². The molecule has 1 fully saturated rings. The van der Waals surface area contributed by atoms with Gasteiger partial charge in [0.15, 0.2) is 0 Å². The summed E-state index contributed by atoms with van der Waals surface area (Å²) in [6, 6.07) is 5.47. The lowest BCUT2D eigenvalue weighted by molar-refractivity contribution is -0.137. The molecule has 1 aliphatic rings. The number of alkyl halides is 3. The van der Waals surface area contributed by atoms with Crippen molar-refractivity contribution in [2.24, 2.45) is 0 Å². The van der Waals surface area contributed by atoms with Gasteiger partial charge in [0, 0.05) is 26.2 Å². The number of halogens is 3. The molecule has 130 valence electrons. The van der Waals surface area contributed by atoms with Gasteiger partial charge in [-0.3, -0.25) is 4.90 Å². The molecule has 1 heterocycles. The number of unbranched alkanes of at least 4 members (excludes halogenated alkanes) is 1. The van der Waals surface area contributed by atoms with Gasteiger partial charge in [0.25, 0.3) is 0 Å². The van der Waals surface area contributed by atoms with Gasteiger partial charge in [-0.05, 0) is 56.6 Å². The quantitative estimate of drug-likeness (QED) is 0.813. The Balaban J connectivity index is 1.81. The molecule has 0 atom stereocenters. The van der Waals surface area contributed by atoms with Crippen molar-refractivity contribution in [3.8, 4) is 0 Å². The van der Waals surface area contributed by atoms with Crippen molar-refractivity contribution >= 4 is 0 Å². The van der Waals surface area contributed by atoms with E-state index in [4.69, 9.17) is 5.11 Å². The molecular formula is C17H25F3N2O. The summed E-state index contributed by atoms with van der Waals surface area (Å²) < 4.78 is 37.7. The first-order valence-corrected chi connectivity index (χ1v) is 8.21. The number of nitrogens with zero attached hydrogens (tertiary/aromatic N) is 2. The summed E-state index contributed by atoms with van der Waals surface area (Å²) in [6.07, 6.45) is -1.35. The van der Waals surface area contributed by atoms with E-state index in [-0.39, 0.29) is 6.61 Å². The monoisotopic (exact) mass is 330 g/mol. The highest BCUT2D eigenvalue weighted by molar-refractivity contribution is 5.24. The first-order chi connectivity index (χ1) is 11.0. The Hall–Kier alpha value is -1.11. The standard InChI is InChI=1S/C17H25F3N2O/c18-17(19,20)16-6-4-15(5-7-16)14-22-10-3-9-21(11-12-22)8-1-2-13-23/h4-7,23H,1-3,8-14H2. The number of aliphatic hydroxyl groups is 1. The summed E-state index contributed by atoms with van der Waals surface area (Å²) in [4.78, 5) is 4.71. The zero-order valence-electron chi connectivity index (χ0n) is 13.4. The second-order valence-corrected chi connectivity index (χ2v) is 6.10. The summed E-state index contributed by atoms with van der Waals surface area (Å²) in [5, 5.41) is 8.83. The molecule has 0 amide bonds. The fraction of sp³-hybridized carbons (Fsp3) is 0.647. The Morgan fingerprint density at radius 1 is 0.913 bits per heavy atom. The third kappa shape index (κ3) is 6.12. The minimum atomic E-state index is -4.27. The second-order valence-electron chi connectivity index (χ2n) is 6.10. The van der Waals surface area contributed by atoms with Crippen molar-refractivity contribution in [3.05, 3.63) is 35.4 Å². The largest absolute Gasteiger partial charge is 0.416 e.